The fourth-order valence-electron chi connectivity index (χ4n) is 1.25. The molecule has 0 saturated heterocycles. The van der Waals surface area contributed by atoms with Gasteiger partial charge in [-0.05, 0) is 30.7 Å². The van der Waals surface area contributed by atoms with Crippen LogP contribution in [0.5, 0.6) is 5.75 Å². The number of carbonyl (C=O) groups excluding carboxylic acids is 1. The van der Waals surface area contributed by atoms with E-state index in [9.17, 15) is 4.79 Å². The topological polar surface area (TPSA) is 50.1 Å². The molecule has 0 bridgehead atoms. The van der Waals surface area contributed by atoms with E-state index in [1.54, 1.807) is 24.3 Å². The molecule has 84 valence electrons. The summed E-state index contributed by atoms with van der Waals surface area (Å²) in [6.45, 7) is 2.80. The van der Waals surface area contributed by atoms with Gasteiger partial charge in [0.2, 0.25) is 0 Å². The van der Waals surface area contributed by atoms with Gasteiger partial charge < -0.3 is 4.74 Å². The van der Waals surface area contributed by atoms with Gasteiger partial charge in [-0.15, -0.1) is 0 Å². The summed E-state index contributed by atoms with van der Waals surface area (Å²) >= 11 is 0. The lowest BCUT2D eigenvalue weighted by Crippen LogP contribution is -1.99. The Morgan fingerprint density at radius 1 is 1.38 bits per heavy atom. The molecule has 0 N–H and O–H groups in total. The minimum Gasteiger partial charge on any atom is -0.494 e. The summed E-state index contributed by atoms with van der Waals surface area (Å²) in [6.07, 6.45) is 2.05. The number of ether oxygens (including phenoxy) is 1. The largest absolute Gasteiger partial charge is 0.494 e. The number of nitrogens with zero attached hydrogens (tertiary/aromatic N) is 1. The van der Waals surface area contributed by atoms with Crippen LogP contribution >= 0.6 is 0 Å². The second-order valence-corrected chi connectivity index (χ2v) is 3.48. The number of carbonyl (C=O) groups is 1. The molecule has 0 spiro atoms. The molecule has 1 aromatic rings. The van der Waals surface area contributed by atoms with E-state index in [1.165, 1.54) is 0 Å². The van der Waals surface area contributed by atoms with Gasteiger partial charge in [-0.2, -0.15) is 5.26 Å². The first-order valence-corrected chi connectivity index (χ1v) is 5.41. The summed E-state index contributed by atoms with van der Waals surface area (Å²) in [5, 5.41) is 8.40. The molecule has 16 heavy (non-hydrogen) atoms. The first-order valence-electron chi connectivity index (χ1n) is 5.41. The molecule has 0 aliphatic heterocycles. The lowest BCUT2D eigenvalue weighted by atomic mass is 10.1. The normalized spacial score (nSPS) is 9.50. The molecule has 3 heteroatoms. The summed E-state index contributed by atoms with van der Waals surface area (Å²) in [7, 11) is 0. The van der Waals surface area contributed by atoms with Crippen molar-refractivity contribution in [3.63, 3.8) is 0 Å². The monoisotopic (exact) mass is 217 g/mol. The van der Waals surface area contributed by atoms with Crippen molar-refractivity contribution < 1.29 is 9.53 Å². The maximum atomic E-state index is 11.4. The zero-order valence-electron chi connectivity index (χ0n) is 9.40. The third kappa shape index (κ3) is 3.74. The van der Waals surface area contributed by atoms with Gasteiger partial charge in [0.25, 0.3) is 0 Å². The minimum atomic E-state index is -0.150. The number of hydrogen-bond acceptors (Lipinski definition) is 3. The van der Waals surface area contributed by atoms with Crippen LogP contribution in [0.4, 0.5) is 0 Å². The van der Waals surface area contributed by atoms with E-state index < -0.39 is 0 Å². The summed E-state index contributed by atoms with van der Waals surface area (Å²) in [5.41, 5.74) is 0.560. The number of unbranched alkanes of at least 4 members (excludes halogenated alkanes) is 1. The van der Waals surface area contributed by atoms with E-state index in [4.69, 9.17) is 10.00 Å². The number of rotatable bonds is 6. The number of Topliss-reactive ketones (excluding diaryl/α,β-unsaturated/α-hetero) is 1. The molecule has 0 atom stereocenters. The zero-order valence-corrected chi connectivity index (χ0v) is 9.40. The van der Waals surface area contributed by atoms with Crippen molar-refractivity contribution >= 4 is 5.78 Å². The van der Waals surface area contributed by atoms with E-state index >= 15 is 0 Å². The minimum absolute atomic E-state index is 0.0734. The predicted molar refractivity (Wildman–Crippen MR) is 61.4 cm³/mol. The summed E-state index contributed by atoms with van der Waals surface area (Å²) < 4.78 is 5.46. The van der Waals surface area contributed by atoms with Crippen molar-refractivity contribution in [2.75, 3.05) is 6.61 Å². The van der Waals surface area contributed by atoms with Crippen molar-refractivity contribution in [2.45, 2.75) is 26.2 Å². The molecule has 1 rings (SSSR count). The van der Waals surface area contributed by atoms with Gasteiger partial charge in [0.05, 0.1) is 19.1 Å². The Morgan fingerprint density at radius 2 is 2.06 bits per heavy atom. The molecule has 0 aliphatic rings. The molecule has 3 nitrogen and oxygen atoms in total. The van der Waals surface area contributed by atoms with E-state index in [2.05, 4.69) is 6.92 Å². The second-order valence-electron chi connectivity index (χ2n) is 3.48. The lowest BCUT2D eigenvalue weighted by molar-refractivity contribution is 0.0997. The predicted octanol–water partition coefficient (Wildman–Crippen LogP) is 2.96. The van der Waals surface area contributed by atoms with Gasteiger partial charge in [0.1, 0.15) is 5.75 Å². The molecule has 0 amide bonds. The Balaban J connectivity index is 2.54. The van der Waals surface area contributed by atoms with Crippen LogP contribution in [0.1, 0.15) is 36.5 Å². The third-order valence-corrected chi connectivity index (χ3v) is 2.18. The first-order chi connectivity index (χ1) is 7.77. The van der Waals surface area contributed by atoms with Gasteiger partial charge in [0.15, 0.2) is 5.78 Å². The van der Waals surface area contributed by atoms with Crippen molar-refractivity contribution in [3.05, 3.63) is 29.8 Å². The van der Waals surface area contributed by atoms with Crippen LogP contribution in [0.3, 0.4) is 0 Å². The van der Waals surface area contributed by atoms with E-state index in [0.717, 1.165) is 18.6 Å². The van der Waals surface area contributed by atoms with Crippen LogP contribution in [0, 0.1) is 11.3 Å². The number of nitriles is 1. The maximum Gasteiger partial charge on any atom is 0.176 e. The van der Waals surface area contributed by atoms with Crippen molar-refractivity contribution in [1.29, 1.82) is 5.26 Å². The standard InChI is InChI=1S/C13H15NO2/c1-2-3-10-16-12-6-4-11(5-7-12)13(15)8-9-14/h4-7H,2-3,8,10H2,1H3. The number of benzene rings is 1. The average molecular weight is 217 g/mol. The van der Waals surface area contributed by atoms with Gasteiger partial charge in [0, 0.05) is 5.56 Å². The lowest BCUT2D eigenvalue weighted by Gasteiger charge is -2.05. The molecule has 0 aromatic heterocycles. The average Bonchev–Trinajstić information content (AvgIpc) is 2.30. The fraction of sp³-hybridized carbons (Fsp3) is 0.385. The van der Waals surface area contributed by atoms with Crippen LogP contribution in [0.25, 0.3) is 0 Å². The Kier molecular flexibility index (Phi) is 5.07. The van der Waals surface area contributed by atoms with Crippen LogP contribution < -0.4 is 4.74 Å². The molecule has 0 fully saturated rings. The van der Waals surface area contributed by atoms with Crippen molar-refractivity contribution in [2.24, 2.45) is 0 Å². The van der Waals surface area contributed by atoms with Crippen molar-refractivity contribution in [1.82, 2.24) is 0 Å². The Morgan fingerprint density at radius 3 is 2.62 bits per heavy atom. The van der Waals surface area contributed by atoms with Crippen LogP contribution in [0.15, 0.2) is 24.3 Å². The van der Waals surface area contributed by atoms with Gasteiger partial charge in [-0.1, -0.05) is 13.3 Å². The van der Waals surface area contributed by atoms with Crippen LogP contribution in [-0.4, -0.2) is 12.4 Å². The van der Waals surface area contributed by atoms with Gasteiger partial charge in [-0.25, -0.2) is 0 Å². The highest BCUT2D eigenvalue weighted by atomic mass is 16.5. The number of hydrogen-bond donors (Lipinski definition) is 0. The molecule has 0 unspecified atom stereocenters. The quantitative estimate of drug-likeness (QED) is 0.543. The number of ketones is 1. The highest BCUT2D eigenvalue weighted by Crippen LogP contribution is 2.13. The Bertz CT molecular complexity index is 376. The van der Waals surface area contributed by atoms with E-state index in [0.29, 0.717) is 12.2 Å². The smallest absolute Gasteiger partial charge is 0.176 e. The third-order valence-electron chi connectivity index (χ3n) is 2.18. The summed E-state index contributed by atoms with van der Waals surface area (Å²) in [4.78, 5) is 11.4. The molecular weight excluding hydrogens is 202 g/mol. The maximum absolute atomic E-state index is 11.4. The van der Waals surface area contributed by atoms with E-state index in [1.807, 2.05) is 6.07 Å². The van der Waals surface area contributed by atoms with E-state index in [-0.39, 0.29) is 12.2 Å². The highest BCUT2D eigenvalue weighted by molar-refractivity contribution is 5.97. The highest BCUT2D eigenvalue weighted by Gasteiger charge is 2.04. The van der Waals surface area contributed by atoms with Gasteiger partial charge in [-0.3, -0.25) is 4.79 Å². The van der Waals surface area contributed by atoms with Crippen LogP contribution in [-0.2, 0) is 0 Å². The van der Waals surface area contributed by atoms with Crippen molar-refractivity contribution in [3.8, 4) is 11.8 Å². The molecule has 1 aromatic carbocycles. The molecule has 0 radical (unpaired) electrons. The zero-order chi connectivity index (χ0) is 11.8. The SMILES string of the molecule is CCCCOc1ccc(C(=O)CC#N)cc1. The Labute approximate surface area is 95.7 Å². The molecule has 0 heterocycles. The molecular formula is C13H15NO2. The summed E-state index contributed by atoms with van der Waals surface area (Å²) in [6, 6.07) is 8.76. The second kappa shape index (κ2) is 6.62. The van der Waals surface area contributed by atoms with Gasteiger partial charge >= 0.3 is 0 Å². The molecule has 0 saturated carbocycles. The first kappa shape index (κ1) is 12.3. The summed E-state index contributed by atoms with van der Waals surface area (Å²) in [5.74, 6) is 0.615. The fourth-order valence-corrected chi connectivity index (χ4v) is 1.25. The molecule has 0 aliphatic carbocycles. The van der Waals surface area contributed by atoms with Crippen LogP contribution in [0.2, 0.25) is 0 Å². The Hall–Kier alpha value is -1.82.